The van der Waals surface area contributed by atoms with Gasteiger partial charge in [-0.1, -0.05) is 23.7 Å². The Morgan fingerprint density at radius 2 is 2.00 bits per heavy atom. The lowest BCUT2D eigenvalue weighted by molar-refractivity contribution is -0.121. The van der Waals surface area contributed by atoms with Gasteiger partial charge in [-0.15, -0.1) is 0 Å². The number of fused-ring (bicyclic) bond motifs is 1. The van der Waals surface area contributed by atoms with Gasteiger partial charge in [0.15, 0.2) is 0 Å². The highest BCUT2D eigenvalue weighted by Crippen LogP contribution is 2.30. The zero-order chi connectivity index (χ0) is 17.1. The second-order valence-corrected chi connectivity index (χ2v) is 6.82. The minimum Gasteiger partial charge on any atom is -0.492 e. The van der Waals surface area contributed by atoms with Gasteiger partial charge in [0, 0.05) is 17.3 Å². The van der Waals surface area contributed by atoms with Gasteiger partial charge in [-0.3, -0.25) is 4.79 Å². The average molecular weight is 345 g/mol. The maximum Gasteiger partial charge on any atom is 0.231 e. The van der Waals surface area contributed by atoms with Gasteiger partial charge in [0.05, 0.1) is 5.92 Å². The standard InChI is InChI=1S/C19H21ClN2O2/c1-22(2)11-13-3-6-17(7-4-13)21-19(23)15-9-14-10-16(20)5-8-18(14)24-12-15/h3-8,10,15H,9,11-12H2,1-2H3,(H,21,23)/t15-/m1/s1. The first-order chi connectivity index (χ1) is 11.5. The second kappa shape index (κ2) is 7.24. The van der Waals surface area contributed by atoms with Crippen molar-refractivity contribution < 1.29 is 9.53 Å². The Morgan fingerprint density at radius 1 is 1.25 bits per heavy atom. The van der Waals surface area contributed by atoms with E-state index in [1.807, 2.05) is 50.5 Å². The molecule has 1 aliphatic rings. The molecule has 0 saturated carbocycles. The maximum atomic E-state index is 12.5. The Bertz CT molecular complexity index is 729. The number of amides is 1. The van der Waals surface area contributed by atoms with Crippen LogP contribution in [0.3, 0.4) is 0 Å². The molecule has 1 heterocycles. The highest BCUT2D eigenvalue weighted by Gasteiger charge is 2.26. The number of ether oxygens (including phenoxy) is 1. The number of rotatable bonds is 4. The highest BCUT2D eigenvalue weighted by atomic mass is 35.5. The van der Waals surface area contributed by atoms with Gasteiger partial charge in [0.25, 0.3) is 0 Å². The van der Waals surface area contributed by atoms with Crippen molar-refractivity contribution in [3.63, 3.8) is 0 Å². The number of nitrogens with zero attached hydrogens (tertiary/aromatic N) is 1. The van der Waals surface area contributed by atoms with Crippen LogP contribution < -0.4 is 10.1 Å². The summed E-state index contributed by atoms with van der Waals surface area (Å²) in [5.74, 6) is 0.579. The number of hydrogen-bond donors (Lipinski definition) is 1. The van der Waals surface area contributed by atoms with Crippen LogP contribution in [0.4, 0.5) is 5.69 Å². The quantitative estimate of drug-likeness (QED) is 0.921. The molecular formula is C19H21ClN2O2. The Hall–Kier alpha value is -2.04. The molecule has 0 bridgehead atoms. The molecule has 2 aromatic rings. The molecule has 0 radical (unpaired) electrons. The van der Waals surface area contributed by atoms with E-state index < -0.39 is 0 Å². The Morgan fingerprint density at radius 3 is 2.71 bits per heavy atom. The van der Waals surface area contributed by atoms with Crippen LogP contribution in [-0.2, 0) is 17.8 Å². The molecule has 5 heteroatoms. The number of carbonyl (C=O) groups is 1. The van der Waals surface area contributed by atoms with Crippen molar-refractivity contribution >= 4 is 23.2 Å². The molecule has 0 saturated heterocycles. The predicted octanol–water partition coefficient (Wildman–Crippen LogP) is 3.59. The molecular weight excluding hydrogens is 324 g/mol. The van der Waals surface area contributed by atoms with Crippen molar-refractivity contribution in [2.45, 2.75) is 13.0 Å². The third kappa shape index (κ3) is 4.08. The maximum absolute atomic E-state index is 12.5. The fourth-order valence-corrected chi connectivity index (χ4v) is 3.03. The van der Waals surface area contributed by atoms with Gasteiger partial charge < -0.3 is 15.0 Å². The smallest absolute Gasteiger partial charge is 0.231 e. The molecule has 24 heavy (non-hydrogen) atoms. The van der Waals surface area contributed by atoms with Gasteiger partial charge >= 0.3 is 0 Å². The van der Waals surface area contributed by atoms with Crippen molar-refractivity contribution in [3.05, 3.63) is 58.6 Å². The fraction of sp³-hybridized carbons (Fsp3) is 0.316. The molecule has 0 aliphatic carbocycles. The molecule has 1 amide bonds. The number of halogens is 1. The van der Waals surface area contributed by atoms with Crippen molar-refractivity contribution in [2.75, 3.05) is 26.0 Å². The number of anilines is 1. The van der Waals surface area contributed by atoms with Gasteiger partial charge in [-0.25, -0.2) is 0 Å². The predicted molar refractivity (Wildman–Crippen MR) is 96.6 cm³/mol. The first kappa shape index (κ1) is 16.8. The minimum absolute atomic E-state index is 0.0269. The summed E-state index contributed by atoms with van der Waals surface area (Å²) in [6.07, 6.45) is 0.639. The number of hydrogen-bond acceptors (Lipinski definition) is 3. The first-order valence-corrected chi connectivity index (χ1v) is 8.35. The van der Waals surface area contributed by atoms with Crippen LogP contribution in [0.5, 0.6) is 5.75 Å². The normalized spacial score (nSPS) is 16.4. The topological polar surface area (TPSA) is 41.6 Å². The van der Waals surface area contributed by atoms with E-state index in [0.29, 0.717) is 18.1 Å². The number of carbonyl (C=O) groups excluding carboxylic acids is 1. The molecule has 0 aromatic heterocycles. The molecule has 126 valence electrons. The Kier molecular flexibility index (Phi) is 5.07. The molecule has 1 atom stereocenters. The molecule has 0 fully saturated rings. The lowest BCUT2D eigenvalue weighted by Crippen LogP contribution is -2.32. The van der Waals surface area contributed by atoms with Crippen LogP contribution in [0.25, 0.3) is 0 Å². The molecule has 4 nitrogen and oxygen atoms in total. The van der Waals surface area contributed by atoms with E-state index in [1.165, 1.54) is 5.56 Å². The summed E-state index contributed by atoms with van der Waals surface area (Å²) in [4.78, 5) is 14.6. The summed E-state index contributed by atoms with van der Waals surface area (Å²) in [5, 5.41) is 3.63. The van der Waals surface area contributed by atoms with Crippen LogP contribution >= 0.6 is 11.6 Å². The zero-order valence-corrected chi connectivity index (χ0v) is 14.6. The van der Waals surface area contributed by atoms with Crippen molar-refractivity contribution in [1.29, 1.82) is 0 Å². The van der Waals surface area contributed by atoms with Crippen LogP contribution in [0, 0.1) is 5.92 Å². The van der Waals surface area contributed by atoms with Gasteiger partial charge in [0.2, 0.25) is 5.91 Å². The van der Waals surface area contributed by atoms with E-state index in [-0.39, 0.29) is 11.8 Å². The summed E-state index contributed by atoms with van der Waals surface area (Å²) in [6.45, 7) is 1.27. The number of nitrogens with one attached hydrogen (secondary N) is 1. The lowest BCUT2D eigenvalue weighted by atomic mass is 9.96. The fourth-order valence-electron chi connectivity index (χ4n) is 2.83. The largest absolute Gasteiger partial charge is 0.492 e. The van der Waals surface area contributed by atoms with Gasteiger partial charge in [0.1, 0.15) is 12.4 Å². The van der Waals surface area contributed by atoms with Crippen molar-refractivity contribution in [3.8, 4) is 5.75 Å². The molecule has 1 aliphatic heterocycles. The molecule has 2 aromatic carbocycles. The van der Waals surface area contributed by atoms with E-state index >= 15 is 0 Å². The van der Waals surface area contributed by atoms with E-state index in [2.05, 4.69) is 10.2 Å². The average Bonchev–Trinajstić information content (AvgIpc) is 2.55. The summed E-state index contributed by atoms with van der Waals surface area (Å²) in [5.41, 5.74) is 3.00. The third-order valence-corrected chi connectivity index (χ3v) is 4.26. The van der Waals surface area contributed by atoms with Gasteiger partial charge in [-0.05, 0) is 62.0 Å². The molecule has 0 unspecified atom stereocenters. The van der Waals surface area contributed by atoms with Crippen LogP contribution in [0.2, 0.25) is 5.02 Å². The van der Waals surface area contributed by atoms with Crippen LogP contribution in [0.15, 0.2) is 42.5 Å². The molecule has 0 spiro atoms. The van der Waals surface area contributed by atoms with E-state index in [9.17, 15) is 4.79 Å². The minimum atomic E-state index is -0.211. The van der Waals surface area contributed by atoms with Crippen LogP contribution in [0.1, 0.15) is 11.1 Å². The Balaban J connectivity index is 1.63. The monoisotopic (exact) mass is 344 g/mol. The SMILES string of the molecule is CN(C)Cc1ccc(NC(=O)[C@H]2COc3ccc(Cl)cc3C2)cc1. The zero-order valence-electron chi connectivity index (χ0n) is 13.9. The first-order valence-electron chi connectivity index (χ1n) is 7.97. The third-order valence-electron chi connectivity index (χ3n) is 4.02. The highest BCUT2D eigenvalue weighted by molar-refractivity contribution is 6.30. The van der Waals surface area contributed by atoms with Crippen molar-refractivity contribution in [2.24, 2.45) is 5.92 Å². The summed E-state index contributed by atoms with van der Waals surface area (Å²) >= 11 is 6.02. The Labute approximate surface area is 147 Å². The second-order valence-electron chi connectivity index (χ2n) is 6.39. The van der Waals surface area contributed by atoms with E-state index in [4.69, 9.17) is 16.3 Å². The summed E-state index contributed by atoms with van der Waals surface area (Å²) in [7, 11) is 4.06. The van der Waals surface area contributed by atoms with E-state index in [1.54, 1.807) is 6.07 Å². The lowest BCUT2D eigenvalue weighted by Gasteiger charge is -2.24. The molecule has 3 rings (SSSR count). The summed E-state index contributed by atoms with van der Waals surface area (Å²) in [6, 6.07) is 13.5. The summed E-state index contributed by atoms with van der Waals surface area (Å²) < 4.78 is 5.69. The van der Waals surface area contributed by atoms with E-state index in [0.717, 1.165) is 23.5 Å². The van der Waals surface area contributed by atoms with Gasteiger partial charge in [-0.2, -0.15) is 0 Å². The van der Waals surface area contributed by atoms with Crippen molar-refractivity contribution in [1.82, 2.24) is 4.90 Å². The number of benzene rings is 2. The van der Waals surface area contributed by atoms with Crippen LogP contribution in [-0.4, -0.2) is 31.5 Å². The molecule has 1 N–H and O–H groups in total.